The Morgan fingerprint density at radius 2 is 2.12 bits per heavy atom. The number of nitrogens with zero attached hydrogens (tertiary/aromatic N) is 1. The summed E-state index contributed by atoms with van der Waals surface area (Å²) < 4.78 is 16.3. The first kappa shape index (κ1) is 17.2. The fraction of sp³-hybridized carbons (Fsp3) is 0.444. The molecule has 24 heavy (non-hydrogen) atoms. The van der Waals surface area contributed by atoms with Gasteiger partial charge in [0.1, 0.15) is 0 Å². The maximum atomic E-state index is 10.2. The number of likely N-dealkylation sites (N-methyl/N-ethyl adjacent to an activating group) is 1. The van der Waals surface area contributed by atoms with Gasteiger partial charge in [-0.1, -0.05) is 12.1 Å². The molecule has 0 aliphatic carbocycles. The van der Waals surface area contributed by atoms with Gasteiger partial charge in [-0.05, 0) is 43.1 Å². The lowest BCUT2D eigenvalue weighted by Gasteiger charge is -2.26. The van der Waals surface area contributed by atoms with E-state index in [0.29, 0.717) is 19.8 Å². The predicted octanol–water partition coefficient (Wildman–Crippen LogP) is 3.05. The van der Waals surface area contributed by atoms with Crippen molar-refractivity contribution in [2.45, 2.75) is 25.7 Å². The lowest BCUT2D eigenvalue weighted by atomic mass is 10.2. The maximum absolute atomic E-state index is 10.2. The molecule has 6 heteroatoms. The summed E-state index contributed by atoms with van der Waals surface area (Å²) in [6.45, 7) is 3.73. The van der Waals surface area contributed by atoms with Crippen molar-refractivity contribution in [3.8, 4) is 11.5 Å². The number of fused-ring (bicyclic) bond motifs is 1. The van der Waals surface area contributed by atoms with E-state index < -0.39 is 6.10 Å². The number of benzene rings is 1. The molecule has 1 aromatic heterocycles. The van der Waals surface area contributed by atoms with Gasteiger partial charge in [-0.25, -0.2) is 0 Å². The van der Waals surface area contributed by atoms with Crippen molar-refractivity contribution in [1.29, 1.82) is 0 Å². The minimum absolute atomic E-state index is 0.271. The molecular weight excluding hydrogens is 326 g/mol. The molecular formula is C18H23NO4S. The maximum Gasteiger partial charge on any atom is 0.231 e. The highest BCUT2D eigenvalue weighted by Crippen LogP contribution is 2.32. The topological polar surface area (TPSA) is 51.2 Å². The van der Waals surface area contributed by atoms with Crippen LogP contribution in [0.4, 0.5) is 0 Å². The molecule has 2 heterocycles. The standard InChI is InChI=1S/C18H23NO4S/c1-13(18-4-3-7-24-18)19(2)9-15(20)11-21-10-14-5-6-16-17(8-14)23-12-22-16/h3-8,13,15,20H,9-12H2,1-2H3. The Kier molecular flexibility index (Phi) is 5.73. The minimum Gasteiger partial charge on any atom is -0.454 e. The minimum atomic E-state index is -0.522. The second-order valence-electron chi connectivity index (χ2n) is 5.99. The molecule has 0 amide bonds. The molecule has 0 saturated carbocycles. The van der Waals surface area contributed by atoms with Crippen LogP contribution >= 0.6 is 11.3 Å². The molecule has 0 spiro atoms. The first-order valence-electron chi connectivity index (χ1n) is 8.01. The van der Waals surface area contributed by atoms with E-state index in [9.17, 15) is 5.11 Å². The van der Waals surface area contributed by atoms with E-state index in [2.05, 4.69) is 29.3 Å². The number of hydrogen-bond donors (Lipinski definition) is 1. The van der Waals surface area contributed by atoms with Crippen LogP contribution in [0.15, 0.2) is 35.7 Å². The Bertz CT molecular complexity index is 646. The molecule has 1 aliphatic rings. The Morgan fingerprint density at radius 3 is 2.92 bits per heavy atom. The molecule has 5 nitrogen and oxygen atoms in total. The molecule has 0 saturated heterocycles. The molecule has 2 atom stereocenters. The predicted molar refractivity (Wildman–Crippen MR) is 93.6 cm³/mol. The third-order valence-electron chi connectivity index (χ3n) is 4.13. The highest BCUT2D eigenvalue weighted by atomic mass is 32.1. The number of thiophene rings is 1. The number of rotatable bonds is 8. The molecule has 0 bridgehead atoms. The van der Waals surface area contributed by atoms with E-state index in [0.717, 1.165) is 17.1 Å². The zero-order valence-electron chi connectivity index (χ0n) is 14.0. The van der Waals surface area contributed by atoms with Crippen molar-refractivity contribution in [3.05, 3.63) is 46.2 Å². The van der Waals surface area contributed by atoms with Crippen LogP contribution in [0.25, 0.3) is 0 Å². The van der Waals surface area contributed by atoms with Crippen molar-refractivity contribution in [3.63, 3.8) is 0 Å². The molecule has 1 aliphatic heterocycles. The van der Waals surface area contributed by atoms with Gasteiger partial charge in [-0.3, -0.25) is 4.90 Å². The van der Waals surface area contributed by atoms with Crippen molar-refractivity contribution >= 4 is 11.3 Å². The summed E-state index contributed by atoms with van der Waals surface area (Å²) in [4.78, 5) is 3.44. The fourth-order valence-electron chi connectivity index (χ4n) is 2.63. The second-order valence-corrected chi connectivity index (χ2v) is 6.97. The molecule has 3 rings (SSSR count). The number of ether oxygens (including phenoxy) is 3. The Balaban J connectivity index is 1.41. The summed E-state index contributed by atoms with van der Waals surface area (Å²) in [5.41, 5.74) is 1.01. The molecule has 2 aromatic rings. The molecule has 1 aromatic carbocycles. The van der Waals surface area contributed by atoms with Gasteiger partial charge >= 0.3 is 0 Å². The van der Waals surface area contributed by atoms with Crippen molar-refractivity contribution in [2.75, 3.05) is 27.0 Å². The van der Waals surface area contributed by atoms with Gasteiger partial charge in [-0.15, -0.1) is 11.3 Å². The average Bonchev–Trinajstić information content (AvgIpc) is 3.25. The van der Waals surface area contributed by atoms with Crippen LogP contribution in [0.2, 0.25) is 0 Å². The molecule has 2 unspecified atom stereocenters. The summed E-state index contributed by atoms with van der Waals surface area (Å²) >= 11 is 1.73. The van der Waals surface area contributed by atoms with Crippen molar-refractivity contribution < 1.29 is 19.3 Å². The monoisotopic (exact) mass is 349 g/mol. The summed E-state index contributed by atoms with van der Waals surface area (Å²) in [5.74, 6) is 1.52. The van der Waals surface area contributed by atoms with Crippen LogP contribution in [0.3, 0.4) is 0 Å². The van der Waals surface area contributed by atoms with E-state index in [1.165, 1.54) is 4.88 Å². The van der Waals surface area contributed by atoms with Gasteiger partial charge in [0.15, 0.2) is 11.5 Å². The number of aliphatic hydroxyl groups excluding tert-OH is 1. The third kappa shape index (κ3) is 4.27. The third-order valence-corrected chi connectivity index (χ3v) is 5.17. The number of hydrogen-bond acceptors (Lipinski definition) is 6. The van der Waals surface area contributed by atoms with Crippen LogP contribution in [-0.4, -0.2) is 43.1 Å². The quantitative estimate of drug-likeness (QED) is 0.794. The van der Waals surface area contributed by atoms with Crippen LogP contribution in [0.1, 0.15) is 23.4 Å². The number of aliphatic hydroxyl groups is 1. The van der Waals surface area contributed by atoms with Gasteiger partial charge in [0.25, 0.3) is 0 Å². The SMILES string of the molecule is CC(c1cccs1)N(C)CC(O)COCc1ccc2c(c1)OCO2. The van der Waals surface area contributed by atoms with Gasteiger partial charge in [0, 0.05) is 17.5 Å². The highest BCUT2D eigenvalue weighted by Gasteiger charge is 2.17. The van der Waals surface area contributed by atoms with E-state index >= 15 is 0 Å². The van der Waals surface area contributed by atoms with Crippen LogP contribution < -0.4 is 9.47 Å². The molecule has 0 radical (unpaired) electrons. The average molecular weight is 349 g/mol. The summed E-state index contributed by atoms with van der Waals surface area (Å²) in [6.07, 6.45) is -0.522. The Hall–Kier alpha value is -1.60. The van der Waals surface area contributed by atoms with E-state index in [4.69, 9.17) is 14.2 Å². The lowest BCUT2D eigenvalue weighted by molar-refractivity contribution is 0.00871. The molecule has 1 N–H and O–H groups in total. The van der Waals surface area contributed by atoms with Gasteiger partial charge < -0.3 is 19.3 Å². The summed E-state index contributed by atoms with van der Waals surface area (Å²) in [7, 11) is 2.02. The molecule has 0 fully saturated rings. The van der Waals surface area contributed by atoms with Crippen LogP contribution in [-0.2, 0) is 11.3 Å². The van der Waals surface area contributed by atoms with Crippen LogP contribution in [0.5, 0.6) is 11.5 Å². The first-order chi connectivity index (χ1) is 11.6. The van der Waals surface area contributed by atoms with Gasteiger partial charge in [0.2, 0.25) is 6.79 Å². The van der Waals surface area contributed by atoms with Gasteiger partial charge in [-0.2, -0.15) is 0 Å². The van der Waals surface area contributed by atoms with Crippen molar-refractivity contribution in [2.24, 2.45) is 0 Å². The first-order valence-corrected chi connectivity index (χ1v) is 8.89. The summed E-state index contributed by atoms with van der Waals surface area (Å²) in [6, 6.07) is 10.2. The van der Waals surface area contributed by atoms with Crippen LogP contribution in [0, 0.1) is 0 Å². The van der Waals surface area contributed by atoms with Gasteiger partial charge in [0.05, 0.1) is 19.3 Å². The normalized spacial score (nSPS) is 15.7. The Morgan fingerprint density at radius 1 is 1.29 bits per heavy atom. The van der Waals surface area contributed by atoms with E-state index in [-0.39, 0.29) is 12.8 Å². The summed E-state index contributed by atoms with van der Waals surface area (Å²) in [5, 5.41) is 12.3. The Labute approximate surface area is 146 Å². The van der Waals surface area contributed by atoms with E-state index in [1.54, 1.807) is 11.3 Å². The zero-order chi connectivity index (χ0) is 16.9. The lowest BCUT2D eigenvalue weighted by Crippen LogP contribution is -2.33. The highest BCUT2D eigenvalue weighted by molar-refractivity contribution is 7.10. The van der Waals surface area contributed by atoms with Crippen molar-refractivity contribution in [1.82, 2.24) is 4.90 Å². The largest absolute Gasteiger partial charge is 0.454 e. The second kappa shape index (κ2) is 7.98. The smallest absolute Gasteiger partial charge is 0.231 e. The molecule has 130 valence electrons. The zero-order valence-corrected chi connectivity index (χ0v) is 14.8. The van der Waals surface area contributed by atoms with E-state index in [1.807, 2.05) is 25.2 Å². The fourth-order valence-corrected chi connectivity index (χ4v) is 3.48.